The molecule has 2 aromatic rings. The van der Waals surface area contributed by atoms with Crippen LogP contribution in [0, 0.1) is 0 Å². The largest absolute Gasteiger partial charge is 0.357 e. The van der Waals surface area contributed by atoms with Crippen molar-refractivity contribution < 1.29 is 4.79 Å². The highest BCUT2D eigenvalue weighted by molar-refractivity contribution is 6.06. The summed E-state index contributed by atoms with van der Waals surface area (Å²) in [4.78, 5) is 29.7. The molecule has 112 valence electrons. The fourth-order valence-corrected chi connectivity index (χ4v) is 2.87. The van der Waals surface area contributed by atoms with Gasteiger partial charge < -0.3 is 19.8 Å². The molecule has 1 amide bonds. The van der Waals surface area contributed by atoms with E-state index in [9.17, 15) is 9.59 Å². The number of aromatic amines is 1. The first kappa shape index (κ1) is 13.9. The summed E-state index contributed by atoms with van der Waals surface area (Å²) in [5.41, 5.74) is 0.909. The number of nitrogens with zero attached hydrogens (tertiary/aromatic N) is 2. The first-order valence-corrected chi connectivity index (χ1v) is 7.22. The molecule has 21 heavy (non-hydrogen) atoms. The van der Waals surface area contributed by atoms with Crippen LogP contribution < -0.4 is 10.9 Å². The van der Waals surface area contributed by atoms with Gasteiger partial charge in [0.25, 0.3) is 11.5 Å². The molecule has 0 aliphatic carbocycles. The predicted octanol–water partition coefficient (Wildman–Crippen LogP) is 0.691. The molecule has 0 radical (unpaired) electrons. The van der Waals surface area contributed by atoms with Crippen molar-refractivity contribution in [1.29, 1.82) is 0 Å². The highest BCUT2D eigenvalue weighted by atomic mass is 16.2. The van der Waals surface area contributed by atoms with Gasteiger partial charge in [-0.2, -0.15) is 0 Å². The fraction of sp³-hybridized carbons (Fsp3) is 0.467. The summed E-state index contributed by atoms with van der Waals surface area (Å²) >= 11 is 0. The molecule has 1 aliphatic heterocycles. The maximum atomic E-state index is 12.5. The number of H-pyrrole nitrogens is 1. The van der Waals surface area contributed by atoms with Gasteiger partial charge in [-0.05, 0) is 39.0 Å². The molecule has 0 spiro atoms. The number of piperidine rings is 1. The lowest BCUT2D eigenvalue weighted by atomic mass is 10.0. The van der Waals surface area contributed by atoms with Gasteiger partial charge in [-0.25, -0.2) is 0 Å². The number of likely N-dealkylation sites (tertiary alicyclic amines) is 1. The van der Waals surface area contributed by atoms with Gasteiger partial charge in [0, 0.05) is 30.9 Å². The van der Waals surface area contributed by atoms with Crippen LogP contribution in [-0.4, -0.2) is 46.5 Å². The van der Waals surface area contributed by atoms with E-state index in [-0.39, 0.29) is 17.5 Å². The molecule has 0 bridgehead atoms. The smallest absolute Gasteiger partial charge is 0.274 e. The lowest BCUT2D eigenvalue weighted by Gasteiger charge is -2.29. The van der Waals surface area contributed by atoms with Crippen molar-refractivity contribution in [3.63, 3.8) is 0 Å². The Morgan fingerprint density at radius 1 is 1.33 bits per heavy atom. The second kappa shape index (κ2) is 5.37. The van der Waals surface area contributed by atoms with E-state index in [4.69, 9.17) is 0 Å². The number of fused-ring (bicyclic) bond motifs is 1. The number of rotatable bonds is 2. The Hall–Kier alpha value is -2.08. The minimum atomic E-state index is -0.120. The lowest BCUT2D eigenvalue weighted by molar-refractivity contribution is 0.0918. The van der Waals surface area contributed by atoms with E-state index in [1.807, 2.05) is 0 Å². The van der Waals surface area contributed by atoms with Gasteiger partial charge in [-0.3, -0.25) is 9.59 Å². The van der Waals surface area contributed by atoms with Crippen LogP contribution in [0.25, 0.3) is 10.9 Å². The van der Waals surface area contributed by atoms with Gasteiger partial charge in [0.05, 0.1) is 5.56 Å². The van der Waals surface area contributed by atoms with Crippen molar-refractivity contribution in [3.8, 4) is 0 Å². The Kier molecular flexibility index (Phi) is 3.55. The van der Waals surface area contributed by atoms with Crippen molar-refractivity contribution >= 4 is 16.8 Å². The van der Waals surface area contributed by atoms with E-state index in [1.54, 1.807) is 25.5 Å². The molecule has 1 saturated heterocycles. The minimum absolute atomic E-state index is 0.107. The van der Waals surface area contributed by atoms with Crippen LogP contribution >= 0.6 is 0 Å². The second-order valence-corrected chi connectivity index (χ2v) is 5.78. The monoisotopic (exact) mass is 288 g/mol. The molecular weight excluding hydrogens is 268 g/mol. The van der Waals surface area contributed by atoms with Crippen LogP contribution in [0.2, 0.25) is 0 Å². The van der Waals surface area contributed by atoms with E-state index >= 15 is 0 Å². The van der Waals surface area contributed by atoms with Crippen LogP contribution in [-0.2, 0) is 7.05 Å². The number of aromatic nitrogens is 2. The Bertz CT molecular complexity index is 723. The van der Waals surface area contributed by atoms with Gasteiger partial charge in [-0.1, -0.05) is 0 Å². The molecule has 0 unspecified atom stereocenters. The number of nitrogens with one attached hydrogen (secondary N) is 2. The first-order chi connectivity index (χ1) is 10.1. The summed E-state index contributed by atoms with van der Waals surface area (Å²) in [6.45, 7) is 2.00. The Morgan fingerprint density at radius 2 is 2.05 bits per heavy atom. The van der Waals surface area contributed by atoms with Crippen LogP contribution in [0.3, 0.4) is 0 Å². The lowest BCUT2D eigenvalue weighted by Crippen LogP contribution is -2.43. The molecule has 0 atom stereocenters. The maximum absolute atomic E-state index is 12.5. The zero-order valence-corrected chi connectivity index (χ0v) is 12.3. The molecule has 1 aliphatic rings. The van der Waals surface area contributed by atoms with Crippen LogP contribution in [0.15, 0.2) is 23.3 Å². The average molecular weight is 288 g/mol. The zero-order chi connectivity index (χ0) is 15.0. The second-order valence-electron chi connectivity index (χ2n) is 5.78. The summed E-state index contributed by atoms with van der Waals surface area (Å²) in [6, 6.07) is 1.99. The number of amides is 1. The van der Waals surface area contributed by atoms with Crippen LogP contribution in [0.4, 0.5) is 0 Å². The van der Waals surface area contributed by atoms with Gasteiger partial charge in [0.1, 0.15) is 5.52 Å². The van der Waals surface area contributed by atoms with E-state index in [1.165, 1.54) is 4.57 Å². The van der Waals surface area contributed by atoms with Crippen molar-refractivity contribution in [2.75, 3.05) is 20.1 Å². The summed E-state index contributed by atoms with van der Waals surface area (Å²) in [7, 11) is 3.75. The molecule has 2 aromatic heterocycles. The number of aryl methyl sites for hydroxylation is 1. The number of carbonyl (C=O) groups is 1. The van der Waals surface area contributed by atoms with Crippen molar-refractivity contribution in [3.05, 3.63) is 34.4 Å². The van der Waals surface area contributed by atoms with Crippen molar-refractivity contribution in [2.24, 2.45) is 7.05 Å². The molecule has 6 nitrogen and oxygen atoms in total. The quantitative estimate of drug-likeness (QED) is 0.854. The maximum Gasteiger partial charge on any atom is 0.274 e. The minimum Gasteiger partial charge on any atom is -0.357 e. The predicted molar refractivity (Wildman–Crippen MR) is 81.5 cm³/mol. The fourth-order valence-electron chi connectivity index (χ4n) is 2.87. The standard InChI is InChI=1S/C15H20N4O2/c1-18-7-4-10(5-8-18)17-14(20)12-9-19(2)15(21)13-11(12)3-6-16-13/h3,6,9-10,16H,4-5,7-8H2,1-2H3,(H,17,20). The molecular formula is C15H20N4O2. The molecule has 2 N–H and O–H groups in total. The normalized spacial score (nSPS) is 17.2. The van der Waals surface area contributed by atoms with Gasteiger partial charge in [0.15, 0.2) is 0 Å². The van der Waals surface area contributed by atoms with Gasteiger partial charge >= 0.3 is 0 Å². The Labute approximate surface area is 122 Å². The highest BCUT2D eigenvalue weighted by Gasteiger charge is 2.21. The third kappa shape index (κ3) is 2.58. The molecule has 6 heteroatoms. The van der Waals surface area contributed by atoms with Crippen LogP contribution in [0.1, 0.15) is 23.2 Å². The van der Waals surface area contributed by atoms with E-state index in [2.05, 4.69) is 22.2 Å². The van der Waals surface area contributed by atoms with E-state index in [0.29, 0.717) is 16.5 Å². The summed E-state index contributed by atoms with van der Waals surface area (Å²) < 4.78 is 1.45. The summed E-state index contributed by atoms with van der Waals surface area (Å²) in [5.74, 6) is -0.107. The van der Waals surface area contributed by atoms with E-state index in [0.717, 1.165) is 25.9 Å². The third-order valence-electron chi connectivity index (χ3n) is 4.19. The number of hydrogen-bond donors (Lipinski definition) is 2. The molecule has 0 aromatic carbocycles. The SMILES string of the molecule is CN1CCC(NC(=O)c2cn(C)c(=O)c3[nH]ccc23)CC1. The number of hydrogen-bond acceptors (Lipinski definition) is 3. The first-order valence-electron chi connectivity index (χ1n) is 7.22. The molecule has 3 rings (SSSR count). The summed E-state index contributed by atoms with van der Waals surface area (Å²) in [5, 5.41) is 3.77. The molecule has 1 fully saturated rings. The Morgan fingerprint density at radius 3 is 2.76 bits per heavy atom. The zero-order valence-electron chi connectivity index (χ0n) is 12.3. The topological polar surface area (TPSA) is 70.1 Å². The summed E-state index contributed by atoms with van der Waals surface area (Å²) in [6.07, 6.45) is 5.23. The van der Waals surface area contributed by atoms with Gasteiger partial charge in [-0.15, -0.1) is 0 Å². The van der Waals surface area contributed by atoms with Crippen molar-refractivity contribution in [2.45, 2.75) is 18.9 Å². The average Bonchev–Trinajstić information content (AvgIpc) is 2.95. The third-order valence-corrected chi connectivity index (χ3v) is 4.19. The number of carbonyl (C=O) groups excluding carboxylic acids is 1. The van der Waals surface area contributed by atoms with Crippen molar-refractivity contribution in [1.82, 2.24) is 19.8 Å². The Balaban J connectivity index is 1.86. The molecule has 0 saturated carbocycles. The number of pyridine rings is 1. The molecule has 3 heterocycles. The van der Waals surface area contributed by atoms with E-state index < -0.39 is 0 Å². The van der Waals surface area contributed by atoms with Gasteiger partial charge in [0.2, 0.25) is 0 Å². The highest BCUT2D eigenvalue weighted by Crippen LogP contribution is 2.15. The van der Waals surface area contributed by atoms with Crippen LogP contribution in [0.5, 0.6) is 0 Å².